The number of aromatic nitrogens is 1. The molecule has 8 heterocycles. The van der Waals surface area contributed by atoms with E-state index in [-0.39, 0.29) is 47.1 Å². The maximum Gasteiger partial charge on any atom is 0.338 e. The number of carbonyl (C=O) groups excluding carboxylic acids is 5. The minimum absolute atomic E-state index is 0.0201. The van der Waals surface area contributed by atoms with Crippen LogP contribution in [0.1, 0.15) is 41.9 Å². The van der Waals surface area contributed by atoms with E-state index in [9.17, 15) is 32.4 Å². The highest BCUT2D eigenvalue weighted by Gasteiger charge is 2.31. The van der Waals surface area contributed by atoms with Crippen molar-refractivity contribution in [1.82, 2.24) is 25.2 Å². The van der Waals surface area contributed by atoms with E-state index >= 15 is 0 Å². The molecule has 0 spiro atoms. The fourth-order valence-corrected chi connectivity index (χ4v) is 28.9. The zero-order valence-electron chi connectivity index (χ0n) is 71.2. The van der Waals surface area contributed by atoms with Crippen molar-refractivity contribution in [3.8, 4) is 11.5 Å². The molecule has 7 fully saturated rings. The van der Waals surface area contributed by atoms with E-state index in [1.807, 2.05) is 138 Å². The standard InChI is InChI=1S/C22H26N2O2S2.C19H23NOS2.C14H15BrO2S2.C13H17NO2S3.C11H19NOS3.C7H10O2S.C6H8O2S/c1-17-14-27-16-20(21(28-15-17)18-8-10-23-11-9-18)24(2)12-13-26-22(25)19-6-4-3-5-7-19;1-15-11-22-13-17(14-23-12-15)20-9-10-21-19-8-4-6-16-5-2-3-7-18(16)19;1-10-6-18-8-11(9-19-7-10)14(16)17-13-4-2-12(15)3-5-13;1-11-7-17-9-12(10-18-8-11)14-19(15,16)13-5-3-2-4-6-13;1-4-15-10-7-14-5-8(2)6-16-11(10)12-9(3)13;1-5-4-10-6(2)3-9-7(5)8;1-5-4-9-3-2-8-6(5)7/h3-11,20-21H,1,12-16H2,2H3;2-8,17,20H,1,9-14H2;2-5,11H,1,6-9H2;2-6,12,14H,1,7-10H2;10-11H,2,4-7H2,1,3H3,(H,12,13);6H,1,3-4H2,2H3;1-4H2. The van der Waals surface area contributed by atoms with Crippen molar-refractivity contribution in [3.63, 3.8) is 0 Å². The molecular weight excluding hydrogens is 1900 g/mol. The summed E-state index contributed by atoms with van der Waals surface area (Å²) in [5.41, 5.74) is 9.42. The molecule has 7 aliphatic heterocycles. The highest BCUT2D eigenvalue weighted by molar-refractivity contribution is 9.10. The van der Waals surface area contributed by atoms with Crippen molar-refractivity contribution >= 4 is 219 Å². The summed E-state index contributed by atoms with van der Waals surface area (Å²) < 4.78 is 54.7. The van der Waals surface area contributed by atoms with Gasteiger partial charge < -0.3 is 34.3 Å². The third-order valence-electron chi connectivity index (χ3n) is 18.2. The quantitative estimate of drug-likeness (QED) is 0.0171. The van der Waals surface area contributed by atoms with Gasteiger partial charge in [0, 0.05) is 208 Å². The van der Waals surface area contributed by atoms with Gasteiger partial charge in [0.05, 0.1) is 21.8 Å². The number of cyclic esters (lactones) is 2. The highest BCUT2D eigenvalue weighted by atomic mass is 79.9. The van der Waals surface area contributed by atoms with Gasteiger partial charge in [-0.05, 0) is 97.4 Å². The average Bonchev–Trinajstić information content (AvgIpc) is 1.39. The largest absolute Gasteiger partial charge is 0.492 e. The highest BCUT2D eigenvalue weighted by Crippen LogP contribution is 2.40. The van der Waals surface area contributed by atoms with E-state index in [1.165, 1.54) is 44.2 Å². The van der Waals surface area contributed by atoms with Gasteiger partial charge in [0.2, 0.25) is 15.9 Å². The molecule has 5 aromatic carbocycles. The third kappa shape index (κ3) is 42.7. The van der Waals surface area contributed by atoms with Gasteiger partial charge in [-0.15, -0.1) is 23.5 Å². The summed E-state index contributed by atoms with van der Waals surface area (Å²) in [6.45, 7) is 37.0. The van der Waals surface area contributed by atoms with E-state index in [4.69, 9.17) is 23.7 Å². The molecule has 5 atom stereocenters. The molecule has 3 N–H and O–H groups in total. The number of carbonyl (C=O) groups is 5. The lowest BCUT2D eigenvalue weighted by atomic mass is 10.1. The molecule has 7 saturated heterocycles. The summed E-state index contributed by atoms with van der Waals surface area (Å²) in [6.07, 6.45) is 3.71. The Balaban J connectivity index is 0.000000204. The number of benzene rings is 5. The normalized spacial score (nSPS) is 20.6. The van der Waals surface area contributed by atoms with Crippen molar-refractivity contribution in [1.29, 1.82) is 0 Å². The molecular formula is C92H118BrN5O12S14. The number of sulfonamides is 1. The number of amides is 1. The molecule has 7 aliphatic rings. The second-order valence-corrected chi connectivity index (χ2v) is 46.3. The zero-order valence-corrected chi connectivity index (χ0v) is 84.2. The Bertz CT molecular complexity index is 4400. The van der Waals surface area contributed by atoms with E-state index in [1.54, 1.807) is 126 Å². The van der Waals surface area contributed by atoms with E-state index in [0.29, 0.717) is 93.9 Å². The van der Waals surface area contributed by atoms with E-state index in [0.717, 1.165) is 138 Å². The fraction of sp³-hybridized carbons (Fsp3) is 0.435. The number of nitrogens with zero attached hydrogens (tertiary/aromatic N) is 2. The van der Waals surface area contributed by atoms with Crippen LogP contribution in [0.5, 0.6) is 11.5 Å². The topological polar surface area (TPSA) is 218 Å². The second kappa shape index (κ2) is 61.4. The zero-order chi connectivity index (χ0) is 89.3. The lowest BCUT2D eigenvalue weighted by molar-refractivity contribution is -0.139. The number of hydrogen-bond acceptors (Lipinski definition) is 28. The summed E-state index contributed by atoms with van der Waals surface area (Å²) in [6, 6.07) is 44.7. The van der Waals surface area contributed by atoms with Crippen LogP contribution < -0.4 is 24.8 Å². The number of thioether (sulfide) groups is 13. The van der Waals surface area contributed by atoms with Gasteiger partial charge in [0.15, 0.2) is 0 Å². The van der Waals surface area contributed by atoms with Crippen molar-refractivity contribution in [2.24, 2.45) is 5.92 Å². The smallest absolute Gasteiger partial charge is 0.338 e. The maximum atomic E-state index is 12.2. The van der Waals surface area contributed by atoms with Crippen LogP contribution in [0.25, 0.3) is 10.8 Å². The minimum atomic E-state index is -3.40. The first-order chi connectivity index (χ1) is 59.8. The third-order valence-corrected chi connectivity index (χ3v) is 36.8. The predicted molar refractivity (Wildman–Crippen MR) is 553 cm³/mol. The molecule has 0 radical (unpaired) electrons. The number of fused-ring (bicyclic) bond motifs is 1. The molecule has 1 aromatic heterocycles. The van der Waals surface area contributed by atoms with Crippen LogP contribution in [-0.2, 0) is 43.4 Å². The van der Waals surface area contributed by atoms with Gasteiger partial charge in [0.1, 0.15) is 37.9 Å². The van der Waals surface area contributed by atoms with Gasteiger partial charge in [0.25, 0.3) is 0 Å². The average molecular weight is 2010 g/mol. The van der Waals surface area contributed by atoms with Crippen molar-refractivity contribution in [2.45, 2.75) is 64.9 Å². The Kier molecular flexibility index (Phi) is 52.8. The summed E-state index contributed by atoms with van der Waals surface area (Å²) in [4.78, 5) is 63.8. The number of nitrogens with one attached hydrogen (secondary N) is 3. The van der Waals surface area contributed by atoms with Gasteiger partial charge in [-0.1, -0.05) is 170 Å². The summed E-state index contributed by atoms with van der Waals surface area (Å²) in [5, 5.41) is 10.6. The van der Waals surface area contributed by atoms with E-state index in [2.05, 4.69) is 156 Å². The first-order valence-corrected chi connectivity index (χ1v) is 57.4. The molecule has 0 bridgehead atoms. The Labute approximate surface area is 800 Å². The minimum Gasteiger partial charge on any atom is -0.492 e. The number of rotatable bonds is 19. The van der Waals surface area contributed by atoms with Gasteiger partial charge in [-0.2, -0.15) is 129 Å². The Morgan fingerprint density at radius 3 is 1.75 bits per heavy atom. The fourth-order valence-electron chi connectivity index (χ4n) is 11.7. The summed E-state index contributed by atoms with van der Waals surface area (Å²) in [5.74, 6) is 21.6. The van der Waals surface area contributed by atoms with E-state index < -0.39 is 10.0 Å². The summed E-state index contributed by atoms with van der Waals surface area (Å²) >= 11 is 27.3. The maximum absolute atomic E-state index is 12.2. The Morgan fingerprint density at radius 1 is 0.589 bits per heavy atom. The molecule has 17 nitrogen and oxygen atoms in total. The summed E-state index contributed by atoms with van der Waals surface area (Å²) in [7, 11) is -1.28. The number of esters is 4. The Hall–Kier alpha value is -4.30. The molecule has 6 aromatic rings. The van der Waals surface area contributed by atoms with Gasteiger partial charge in [-0.3, -0.25) is 19.5 Å². The molecule has 32 heteroatoms. The van der Waals surface area contributed by atoms with Crippen LogP contribution in [0.15, 0.2) is 246 Å². The first kappa shape index (κ1) is 107. The van der Waals surface area contributed by atoms with Crippen LogP contribution >= 0.6 is 169 Å². The lowest BCUT2D eigenvalue weighted by Crippen LogP contribution is -2.40. The van der Waals surface area contributed by atoms with Crippen LogP contribution in [0, 0.1) is 5.92 Å². The SMILES string of the molecule is C=C1CSC(C)COC1=O.C=C1CSCC(C(=O)Oc2ccc(Br)cc2)CSC1.C=C1CSCC(N(C)CCOC(=O)c2ccccc2)C(c2ccncc2)SC1.C=C1CSCC(NCCOc2cccc3ccccc23)CSC1.C=C1CSCC(NS(=O)(=O)c2ccccc2)CSC1.C=C1CSCC(SCC)C(NC(C)=O)SC1.C=C1CSCCOC1=O. The lowest BCUT2D eigenvalue weighted by Gasteiger charge is -2.36. The van der Waals surface area contributed by atoms with Crippen LogP contribution in [0.4, 0.5) is 0 Å². The van der Waals surface area contributed by atoms with Gasteiger partial charge >= 0.3 is 23.9 Å². The molecule has 1 amide bonds. The van der Waals surface area contributed by atoms with Crippen LogP contribution in [0.3, 0.4) is 0 Å². The molecule has 0 aliphatic carbocycles. The number of ether oxygens (including phenoxy) is 5. The predicted octanol–water partition coefficient (Wildman–Crippen LogP) is 19.6. The molecule has 5 unspecified atom stereocenters. The van der Waals surface area contributed by atoms with Crippen LogP contribution in [-0.4, -0.2) is 255 Å². The van der Waals surface area contributed by atoms with Crippen LogP contribution in [0.2, 0.25) is 0 Å². The number of hydrogen-bond donors (Lipinski definition) is 3. The number of halogens is 1. The Morgan fingerprint density at radius 2 is 1.13 bits per heavy atom. The number of likely N-dealkylation sites (N-methyl/N-ethyl adjacent to an activating group) is 1. The van der Waals surface area contributed by atoms with Crippen molar-refractivity contribution < 1.29 is 56.1 Å². The molecule has 124 heavy (non-hydrogen) atoms. The molecule has 0 saturated carbocycles. The van der Waals surface area contributed by atoms with Crippen molar-refractivity contribution in [2.75, 3.05) is 173 Å². The van der Waals surface area contributed by atoms with Crippen molar-refractivity contribution in [3.05, 3.63) is 253 Å². The monoisotopic (exact) mass is 2010 g/mol. The molecule has 674 valence electrons. The first-order valence-electron chi connectivity index (χ1n) is 40.5. The van der Waals surface area contributed by atoms with Gasteiger partial charge in [-0.25, -0.2) is 27.5 Å². The molecule has 13 rings (SSSR count). The second-order valence-electron chi connectivity index (χ2n) is 29.2. The number of pyridine rings is 1.